The number of H-pyrrole nitrogens is 1. The van der Waals surface area contributed by atoms with Crippen LogP contribution in [0, 0.1) is 33.5 Å². The molecule has 42 heteroatoms. The maximum atomic E-state index is 15.2. The summed E-state index contributed by atoms with van der Waals surface area (Å²) in [6.07, 6.45) is 1.62. The number of rotatable bonds is 26. The summed E-state index contributed by atoms with van der Waals surface area (Å²) in [4.78, 5) is 195. The van der Waals surface area contributed by atoms with Crippen LogP contribution >= 0.6 is 11.8 Å². The quantitative estimate of drug-likeness (QED) is 0.0203. The molecule has 2 aliphatic rings. The molecule has 0 saturated carbocycles. The molecule has 634 valence electrons. The molecular weight excluding hydrogens is 1510 g/mol. The van der Waals surface area contributed by atoms with E-state index in [1.807, 2.05) is 0 Å². The number of amides is 13. The molecule has 13 amide bonds. The lowest BCUT2D eigenvalue weighted by atomic mass is 9.96. The number of hydrogen-bond donors (Lipinski definition) is 26. The molecule has 2 saturated heterocycles. The van der Waals surface area contributed by atoms with E-state index in [0.29, 0.717) is 22.0 Å². The lowest BCUT2D eigenvalue weighted by Crippen LogP contribution is -2.62. The summed E-state index contributed by atoms with van der Waals surface area (Å²) in [7, 11) is 1.27. The van der Waals surface area contributed by atoms with Gasteiger partial charge in [0.05, 0.1) is 12.4 Å². The maximum Gasteiger partial charge on any atom is 0.246 e. The Morgan fingerprint density at radius 2 is 0.965 bits per heavy atom. The van der Waals surface area contributed by atoms with Crippen LogP contribution in [0.2, 0.25) is 0 Å². The number of aromatic nitrogens is 1. The van der Waals surface area contributed by atoms with Gasteiger partial charge in [-0.25, -0.2) is 0 Å². The number of aromatic amines is 1. The van der Waals surface area contributed by atoms with Crippen molar-refractivity contribution in [2.75, 3.05) is 57.9 Å². The van der Waals surface area contributed by atoms with Crippen LogP contribution in [-0.2, 0) is 75.2 Å². The Bertz CT molecular complexity index is 3910. The van der Waals surface area contributed by atoms with Gasteiger partial charge in [-0.2, -0.15) is 0 Å². The molecule has 1 aromatic heterocycles. The van der Waals surface area contributed by atoms with Crippen molar-refractivity contribution in [2.24, 2.45) is 40.5 Å². The van der Waals surface area contributed by atoms with E-state index >= 15 is 9.59 Å². The lowest BCUT2D eigenvalue weighted by molar-refractivity contribution is -0.142. The molecule has 5 rings (SSSR count). The van der Waals surface area contributed by atoms with E-state index in [4.69, 9.17) is 50.3 Å². The standard InChI is InChI=1S/C73H116N26O15S/c1-7-38(3)56-66(111)93-48(20-13-29-85-72(79)80)61(106)94-51(33-42-34-87-45-17-10-9-16-44(42)45)68(113)98(6)54(58(74)103)36-115-37-55(102)89-50(32-41-23-25-43(101)26-24-41)69(114)99-31-15-22-53(99)65(110)91-49(21-14-30-86-73(81)82)63(108)97-57(39(4)8-2)67(112)92-47(19-12-28-84-71(77)78)60(105)90-46(18-11-27-83-70(75)76)62(107)95-52(35-100)64(109)88-40(5)59(104)96-56/h9-10,16-17,23-26,34,38-40,46-54,56-57,87,100-101H,7-8,11-15,18-22,27-33,35-37H2,1-6H3,(H2,74,103)(H,88,109)(H,89,102)(H,90,105)(H,91,110)(H,92,112)(H,93,111)(H,94,106)(H,95,107)(H,96,104)(H,97,108)(H4,75,76,83)(H4,77,78,84)(H4,79,80,85)(H4,81,82,86)/t38-,39-,40+,46-,47-,48-,49-,50-,51-,52-,53-,54-,56-,57-/m0/s1. The summed E-state index contributed by atoms with van der Waals surface area (Å²) in [6, 6.07) is -5.03. The molecule has 0 unspecified atom stereocenters. The highest BCUT2D eigenvalue weighted by Gasteiger charge is 2.42. The number of thioether (sulfide) groups is 1. The second-order valence-electron chi connectivity index (χ2n) is 28.6. The smallest absolute Gasteiger partial charge is 0.246 e. The van der Waals surface area contributed by atoms with Gasteiger partial charge in [-0.05, 0) is 112 Å². The number of carbonyl (C=O) groups is 13. The number of phenolic OH excluding ortho intramolecular Hbond substituents is 1. The lowest BCUT2D eigenvalue weighted by Gasteiger charge is -2.31. The Balaban J connectivity index is 1.63. The number of carbonyl (C=O) groups excluding carboxylic acids is 13. The monoisotopic (exact) mass is 1630 g/mol. The van der Waals surface area contributed by atoms with Crippen molar-refractivity contribution in [1.29, 1.82) is 21.6 Å². The first kappa shape index (κ1) is 93.9. The van der Waals surface area contributed by atoms with Crippen LogP contribution in [0.15, 0.2) is 54.7 Å². The maximum absolute atomic E-state index is 15.2. The predicted octanol–water partition coefficient (Wildman–Crippen LogP) is -5.29. The molecule has 31 N–H and O–H groups in total. The minimum atomic E-state index is -1.82. The van der Waals surface area contributed by atoms with E-state index in [9.17, 15) is 63.0 Å². The molecule has 41 nitrogen and oxygen atoms in total. The van der Waals surface area contributed by atoms with Crippen LogP contribution < -0.4 is 103 Å². The van der Waals surface area contributed by atoms with Crippen molar-refractivity contribution in [3.05, 3.63) is 65.9 Å². The van der Waals surface area contributed by atoms with Crippen molar-refractivity contribution < 1.29 is 72.5 Å². The number of primary amides is 1. The highest BCUT2D eigenvalue weighted by Crippen LogP contribution is 2.24. The molecule has 2 fully saturated rings. The van der Waals surface area contributed by atoms with Crippen molar-refractivity contribution >= 4 is 123 Å². The average Bonchev–Trinajstić information content (AvgIpc) is 1.74. The van der Waals surface area contributed by atoms with E-state index in [1.54, 1.807) is 58.2 Å². The number of nitrogens with one attached hydrogen (secondary N) is 19. The Hall–Kier alpha value is -11.7. The Morgan fingerprint density at radius 1 is 0.539 bits per heavy atom. The summed E-state index contributed by atoms with van der Waals surface area (Å²) in [5, 5.41) is 89.4. The molecule has 115 heavy (non-hydrogen) atoms. The summed E-state index contributed by atoms with van der Waals surface area (Å²) < 4.78 is 0. The molecule has 0 radical (unpaired) electrons. The number of nitrogens with zero attached hydrogens (tertiary/aromatic N) is 2. The number of nitrogens with two attached hydrogens (primary N) is 5. The third-order valence-electron chi connectivity index (χ3n) is 19.8. The molecule has 0 bridgehead atoms. The number of benzene rings is 2. The van der Waals surface area contributed by atoms with Gasteiger partial charge in [-0.1, -0.05) is 70.9 Å². The molecule has 14 atom stereocenters. The minimum absolute atomic E-state index is 0.000348. The third-order valence-corrected chi connectivity index (χ3v) is 20.9. The number of para-hydroxylation sites is 1. The van der Waals surface area contributed by atoms with E-state index in [-0.39, 0.29) is 134 Å². The first-order valence-electron chi connectivity index (χ1n) is 38.3. The number of phenols is 1. The normalized spacial score (nSPS) is 24.1. The van der Waals surface area contributed by atoms with Crippen LogP contribution in [0.1, 0.15) is 123 Å². The highest BCUT2D eigenvalue weighted by atomic mass is 32.2. The summed E-state index contributed by atoms with van der Waals surface area (Å²) in [5.74, 6) is -15.7. The van der Waals surface area contributed by atoms with Gasteiger partial charge >= 0.3 is 0 Å². The fourth-order valence-corrected chi connectivity index (χ4v) is 13.9. The molecule has 2 aliphatic heterocycles. The Morgan fingerprint density at radius 3 is 1.43 bits per heavy atom. The first-order valence-corrected chi connectivity index (χ1v) is 39.5. The van der Waals surface area contributed by atoms with Crippen LogP contribution in [0.3, 0.4) is 0 Å². The van der Waals surface area contributed by atoms with Crippen molar-refractivity contribution in [1.82, 2.24) is 89.2 Å². The number of fused-ring (bicyclic) bond motifs is 2. The number of aromatic hydroxyl groups is 1. The van der Waals surface area contributed by atoms with Gasteiger partial charge < -0.3 is 128 Å². The Labute approximate surface area is 670 Å². The van der Waals surface area contributed by atoms with Crippen LogP contribution in [-0.4, -0.2) is 256 Å². The number of aliphatic hydroxyl groups is 1. The van der Waals surface area contributed by atoms with Gasteiger partial charge in [0.15, 0.2) is 23.8 Å². The number of guanidine groups is 4. The molecule has 2 aromatic carbocycles. The summed E-state index contributed by atoms with van der Waals surface area (Å²) >= 11 is 0.862. The van der Waals surface area contributed by atoms with Crippen molar-refractivity contribution in [3.8, 4) is 5.75 Å². The third kappa shape index (κ3) is 30.3. The van der Waals surface area contributed by atoms with Gasteiger partial charge in [0.25, 0.3) is 0 Å². The van der Waals surface area contributed by atoms with E-state index in [1.165, 1.54) is 43.1 Å². The number of likely N-dealkylation sites (N-methyl/N-ethyl adjacent to an activating group) is 1. The van der Waals surface area contributed by atoms with E-state index in [0.717, 1.165) is 16.7 Å². The molecule has 3 heterocycles. The van der Waals surface area contributed by atoms with E-state index < -0.39 is 197 Å². The Kier molecular flexibility index (Phi) is 38.4. The summed E-state index contributed by atoms with van der Waals surface area (Å²) in [5.41, 5.74) is 30.0. The van der Waals surface area contributed by atoms with Crippen LogP contribution in [0.4, 0.5) is 0 Å². The van der Waals surface area contributed by atoms with Gasteiger partial charge in [0, 0.05) is 75.5 Å². The van der Waals surface area contributed by atoms with E-state index in [2.05, 4.69) is 79.4 Å². The molecule has 0 aliphatic carbocycles. The molecule has 3 aromatic rings. The zero-order valence-corrected chi connectivity index (χ0v) is 66.5. The molecule has 0 spiro atoms. The fraction of sp³-hybridized carbons (Fsp3) is 0.575. The fourth-order valence-electron chi connectivity index (χ4n) is 12.9. The zero-order valence-electron chi connectivity index (χ0n) is 65.7. The molecular formula is C73H116N26O15S. The minimum Gasteiger partial charge on any atom is -0.508 e. The highest BCUT2D eigenvalue weighted by molar-refractivity contribution is 8.00. The van der Waals surface area contributed by atoms with Gasteiger partial charge in [-0.15, -0.1) is 11.8 Å². The topological polar surface area (TPSA) is 679 Å². The van der Waals surface area contributed by atoms with Crippen LogP contribution in [0.5, 0.6) is 5.75 Å². The van der Waals surface area contributed by atoms with Gasteiger partial charge in [-0.3, -0.25) is 84.0 Å². The zero-order chi connectivity index (χ0) is 85.2. The van der Waals surface area contributed by atoms with Gasteiger partial charge in [0.1, 0.15) is 78.3 Å². The number of hydrogen-bond acceptors (Lipinski definition) is 20. The van der Waals surface area contributed by atoms with Crippen molar-refractivity contribution in [3.63, 3.8) is 0 Å². The second-order valence-corrected chi connectivity index (χ2v) is 29.6. The first-order chi connectivity index (χ1) is 54.6. The van der Waals surface area contributed by atoms with Crippen molar-refractivity contribution in [2.45, 2.75) is 197 Å². The SMILES string of the molecule is CC[C@H](C)[C@@H]1NC(=O)[C@H](CCCNC(=N)N)NC(=O)[C@@H]2CCCN2C(=O)[C@H](Cc2ccc(O)cc2)NC(=O)CSC[C@@H](C(N)=O)N(C)C(=O)[C@H](Cc2c[nH]c3ccccc23)NC(=O)[C@H](CCCNC(=N)N)NC(=O)[C@H]([C@@H](C)CC)NC(=O)[C@@H](C)NC(=O)[C@H](CO)NC(=O)[C@H](CCCNC(=N)N)NC(=O)[C@H](CCCNC(=N)N)NC1=O. The summed E-state index contributed by atoms with van der Waals surface area (Å²) in [6.45, 7) is 6.92. The average molecular weight is 1630 g/mol. The second kappa shape index (κ2) is 47.1. The van der Waals surface area contributed by atoms with Gasteiger partial charge in [0.2, 0.25) is 76.8 Å². The number of aliphatic hydroxyl groups excluding tert-OH is 1. The van der Waals surface area contributed by atoms with Crippen LogP contribution in [0.25, 0.3) is 10.9 Å². The largest absolute Gasteiger partial charge is 0.508 e. The predicted molar refractivity (Wildman–Crippen MR) is 429 cm³/mol.